The maximum Gasteiger partial charge on any atom is 0.251 e. The topological polar surface area (TPSA) is 89.6 Å². The van der Waals surface area contributed by atoms with Gasteiger partial charge in [-0.2, -0.15) is 0 Å². The smallest absolute Gasteiger partial charge is 0.251 e. The highest BCUT2D eigenvalue weighted by atomic mass is 16.5. The zero-order chi connectivity index (χ0) is 21.2. The van der Waals surface area contributed by atoms with Crippen molar-refractivity contribution < 1.29 is 19.1 Å². The third-order valence-electron chi connectivity index (χ3n) is 4.28. The number of benzene rings is 2. The van der Waals surface area contributed by atoms with Gasteiger partial charge in [0.05, 0.1) is 13.7 Å². The molecule has 0 radical (unpaired) electrons. The summed E-state index contributed by atoms with van der Waals surface area (Å²) in [5.41, 5.74) is 2.31. The van der Waals surface area contributed by atoms with Crippen LogP contribution in [0, 0.1) is 0 Å². The first kappa shape index (κ1) is 20.9. The molecule has 0 aliphatic rings. The van der Waals surface area contributed by atoms with Crippen LogP contribution < -0.4 is 20.1 Å². The number of hydrogen-bond donors (Lipinski definition) is 2. The maximum atomic E-state index is 12.3. The van der Waals surface area contributed by atoms with E-state index in [0.29, 0.717) is 24.6 Å². The van der Waals surface area contributed by atoms with Gasteiger partial charge in [0.2, 0.25) is 11.8 Å². The Kier molecular flexibility index (Phi) is 7.38. The zero-order valence-corrected chi connectivity index (χ0v) is 16.6. The van der Waals surface area contributed by atoms with Crippen LogP contribution in [0.15, 0.2) is 72.9 Å². The fraction of sp³-hybridized carbons (Fsp3) is 0.174. The molecule has 0 unspecified atom stereocenters. The summed E-state index contributed by atoms with van der Waals surface area (Å²) in [6.45, 7) is 0.593. The van der Waals surface area contributed by atoms with E-state index in [1.165, 1.54) is 6.20 Å². The van der Waals surface area contributed by atoms with Crippen LogP contribution in [0.25, 0.3) is 0 Å². The first-order valence-corrected chi connectivity index (χ1v) is 9.44. The summed E-state index contributed by atoms with van der Waals surface area (Å²) < 4.78 is 10.7. The van der Waals surface area contributed by atoms with Gasteiger partial charge >= 0.3 is 0 Å². The largest absolute Gasteiger partial charge is 0.497 e. The molecule has 2 aromatic carbocycles. The van der Waals surface area contributed by atoms with Crippen LogP contribution in [0.2, 0.25) is 0 Å². The molecule has 1 heterocycles. The van der Waals surface area contributed by atoms with E-state index < -0.39 is 0 Å². The number of ether oxygens (including phenoxy) is 2. The second-order valence-electron chi connectivity index (χ2n) is 6.46. The van der Waals surface area contributed by atoms with Crippen molar-refractivity contribution in [3.63, 3.8) is 0 Å². The normalized spacial score (nSPS) is 10.2. The molecule has 7 nitrogen and oxygen atoms in total. The third-order valence-corrected chi connectivity index (χ3v) is 4.28. The molecule has 2 N–H and O–H groups in total. The van der Waals surface area contributed by atoms with Crippen molar-refractivity contribution in [1.29, 1.82) is 0 Å². The number of amides is 2. The minimum atomic E-state index is -0.374. The van der Waals surface area contributed by atoms with Crippen molar-refractivity contribution in [3.8, 4) is 11.6 Å². The molecular weight excluding hydrogens is 382 g/mol. The van der Waals surface area contributed by atoms with Crippen LogP contribution in [0.1, 0.15) is 21.5 Å². The predicted octanol–water partition coefficient (Wildman–Crippen LogP) is 2.72. The summed E-state index contributed by atoms with van der Waals surface area (Å²) in [6, 6.07) is 20.2. The SMILES string of the molecule is COc1ccc(CNC(=O)CNC(=O)c2ccnc(OCc3ccccc3)c2)cc1. The molecule has 0 aliphatic heterocycles. The van der Waals surface area contributed by atoms with Gasteiger partial charge in [-0.1, -0.05) is 42.5 Å². The van der Waals surface area contributed by atoms with Crippen molar-refractivity contribution >= 4 is 11.8 Å². The number of carbonyl (C=O) groups excluding carboxylic acids is 2. The number of nitrogens with one attached hydrogen (secondary N) is 2. The Balaban J connectivity index is 1.45. The molecular formula is C23H23N3O4. The second-order valence-corrected chi connectivity index (χ2v) is 6.46. The summed E-state index contributed by atoms with van der Waals surface area (Å²) in [5, 5.41) is 5.36. The number of hydrogen-bond acceptors (Lipinski definition) is 5. The number of rotatable bonds is 9. The monoisotopic (exact) mass is 405 g/mol. The van der Waals surface area contributed by atoms with Gasteiger partial charge in [-0.25, -0.2) is 4.98 Å². The quantitative estimate of drug-likeness (QED) is 0.571. The molecule has 154 valence electrons. The lowest BCUT2D eigenvalue weighted by Gasteiger charge is -2.09. The Bertz CT molecular complexity index is 975. The Hall–Kier alpha value is -3.87. The Morgan fingerprint density at radius 1 is 0.933 bits per heavy atom. The van der Waals surface area contributed by atoms with Gasteiger partial charge in [0.15, 0.2) is 0 Å². The van der Waals surface area contributed by atoms with Gasteiger partial charge in [-0.05, 0) is 29.3 Å². The van der Waals surface area contributed by atoms with E-state index >= 15 is 0 Å². The second kappa shape index (κ2) is 10.6. The summed E-state index contributed by atoms with van der Waals surface area (Å²) in [4.78, 5) is 28.5. The van der Waals surface area contributed by atoms with Gasteiger partial charge in [0.25, 0.3) is 5.91 Å². The van der Waals surface area contributed by atoms with E-state index in [-0.39, 0.29) is 18.4 Å². The molecule has 0 saturated carbocycles. The lowest BCUT2D eigenvalue weighted by molar-refractivity contribution is -0.120. The third kappa shape index (κ3) is 6.34. The van der Waals surface area contributed by atoms with Crippen LogP contribution in [0.3, 0.4) is 0 Å². The molecule has 0 spiro atoms. The fourth-order valence-corrected chi connectivity index (χ4v) is 2.63. The Morgan fingerprint density at radius 3 is 2.43 bits per heavy atom. The van der Waals surface area contributed by atoms with Crippen molar-refractivity contribution in [2.24, 2.45) is 0 Å². The molecule has 3 aromatic rings. The fourth-order valence-electron chi connectivity index (χ4n) is 2.63. The molecule has 0 saturated heterocycles. The summed E-state index contributed by atoms with van der Waals surface area (Å²) in [6.07, 6.45) is 1.50. The number of methoxy groups -OCH3 is 1. The highest BCUT2D eigenvalue weighted by Gasteiger charge is 2.10. The van der Waals surface area contributed by atoms with Gasteiger partial charge in [-0.3, -0.25) is 9.59 Å². The average Bonchev–Trinajstić information content (AvgIpc) is 2.81. The van der Waals surface area contributed by atoms with Crippen molar-refractivity contribution in [3.05, 3.63) is 89.6 Å². The maximum absolute atomic E-state index is 12.3. The van der Waals surface area contributed by atoms with Crippen molar-refractivity contribution in [2.45, 2.75) is 13.2 Å². The molecule has 30 heavy (non-hydrogen) atoms. The Labute approximate surface area is 175 Å². The lowest BCUT2D eigenvalue weighted by atomic mass is 10.2. The van der Waals surface area contributed by atoms with Crippen LogP contribution in [-0.4, -0.2) is 30.5 Å². The number of nitrogens with zero attached hydrogens (tertiary/aromatic N) is 1. The highest BCUT2D eigenvalue weighted by molar-refractivity contribution is 5.96. The first-order valence-electron chi connectivity index (χ1n) is 9.44. The van der Waals surface area contributed by atoms with E-state index in [2.05, 4.69) is 15.6 Å². The molecule has 2 amide bonds. The molecule has 0 bridgehead atoms. The summed E-state index contributed by atoms with van der Waals surface area (Å²) in [5.74, 6) is 0.438. The van der Waals surface area contributed by atoms with Gasteiger partial charge in [-0.15, -0.1) is 0 Å². The first-order chi connectivity index (χ1) is 14.6. The van der Waals surface area contributed by atoms with Crippen LogP contribution in [0.4, 0.5) is 0 Å². The minimum absolute atomic E-state index is 0.127. The summed E-state index contributed by atoms with van der Waals surface area (Å²) >= 11 is 0. The van der Waals surface area contributed by atoms with Crippen LogP contribution in [-0.2, 0) is 17.9 Å². The molecule has 7 heteroatoms. The molecule has 0 fully saturated rings. The molecule has 0 aliphatic carbocycles. The average molecular weight is 405 g/mol. The van der Waals surface area contributed by atoms with Gasteiger partial charge < -0.3 is 20.1 Å². The van der Waals surface area contributed by atoms with Gasteiger partial charge in [0.1, 0.15) is 12.4 Å². The zero-order valence-electron chi connectivity index (χ0n) is 16.6. The summed E-state index contributed by atoms with van der Waals surface area (Å²) in [7, 11) is 1.60. The minimum Gasteiger partial charge on any atom is -0.497 e. The van der Waals surface area contributed by atoms with E-state index in [4.69, 9.17) is 9.47 Å². The standard InChI is InChI=1S/C23H23N3O4/c1-29-20-9-7-17(8-10-20)14-25-21(27)15-26-23(28)19-11-12-24-22(13-19)30-16-18-5-3-2-4-6-18/h2-13H,14-16H2,1H3,(H,25,27)(H,26,28). The van der Waals surface area contributed by atoms with Crippen LogP contribution in [0.5, 0.6) is 11.6 Å². The van der Waals surface area contributed by atoms with Gasteiger partial charge in [0, 0.05) is 24.4 Å². The van der Waals surface area contributed by atoms with E-state index in [1.54, 1.807) is 19.2 Å². The lowest BCUT2D eigenvalue weighted by Crippen LogP contribution is -2.36. The van der Waals surface area contributed by atoms with E-state index in [0.717, 1.165) is 16.9 Å². The van der Waals surface area contributed by atoms with Crippen LogP contribution >= 0.6 is 0 Å². The number of aromatic nitrogens is 1. The predicted molar refractivity (Wildman–Crippen MR) is 112 cm³/mol. The molecule has 1 aromatic heterocycles. The molecule has 0 atom stereocenters. The molecule has 3 rings (SSSR count). The van der Waals surface area contributed by atoms with Crippen molar-refractivity contribution in [1.82, 2.24) is 15.6 Å². The number of pyridine rings is 1. The van der Waals surface area contributed by atoms with E-state index in [9.17, 15) is 9.59 Å². The highest BCUT2D eigenvalue weighted by Crippen LogP contribution is 2.12. The number of carbonyl (C=O) groups is 2. The Morgan fingerprint density at radius 2 is 1.70 bits per heavy atom. The van der Waals surface area contributed by atoms with E-state index in [1.807, 2.05) is 54.6 Å². The van der Waals surface area contributed by atoms with Crippen molar-refractivity contribution in [2.75, 3.05) is 13.7 Å².